The molecule has 2 aromatic carbocycles. The number of nitrogens with one attached hydrogen (secondary N) is 1. The fourth-order valence-corrected chi connectivity index (χ4v) is 2.58. The number of carbonyl (C=O) groups excluding carboxylic acids is 1. The first-order chi connectivity index (χ1) is 12.6. The van der Waals surface area contributed by atoms with Crippen molar-refractivity contribution in [1.29, 1.82) is 0 Å². The van der Waals surface area contributed by atoms with Gasteiger partial charge in [0, 0.05) is 11.6 Å². The molecule has 3 N–H and O–H groups in total. The zero-order chi connectivity index (χ0) is 18.5. The first-order valence-corrected chi connectivity index (χ1v) is 7.84. The van der Waals surface area contributed by atoms with Crippen LogP contribution in [0, 0.1) is 0 Å². The summed E-state index contributed by atoms with van der Waals surface area (Å²) in [7, 11) is 3.07. The van der Waals surface area contributed by atoms with Gasteiger partial charge in [0.2, 0.25) is 5.96 Å². The number of rotatable bonds is 4. The minimum atomic E-state index is -0.387. The number of aromatic nitrogens is 1. The Labute approximate surface area is 150 Å². The number of nitrogens with two attached hydrogens (primary N) is 1. The Morgan fingerprint density at radius 3 is 2.54 bits per heavy atom. The van der Waals surface area contributed by atoms with Gasteiger partial charge in [-0.25, -0.2) is 4.99 Å². The summed E-state index contributed by atoms with van der Waals surface area (Å²) in [5.41, 5.74) is 7.43. The number of para-hydroxylation sites is 1. The molecule has 0 aliphatic rings. The van der Waals surface area contributed by atoms with Gasteiger partial charge >= 0.3 is 0 Å². The van der Waals surface area contributed by atoms with E-state index in [1.165, 1.54) is 13.3 Å². The molecule has 0 unspecified atom stereocenters. The van der Waals surface area contributed by atoms with Gasteiger partial charge in [-0.1, -0.05) is 18.2 Å². The Morgan fingerprint density at radius 1 is 1.08 bits per heavy atom. The molecule has 7 nitrogen and oxygen atoms in total. The van der Waals surface area contributed by atoms with Gasteiger partial charge in [0.15, 0.2) is 11.5 Å². The second kappa shape index (κ2) is 7.52. The molecular formula is C19H18N4O3. The van der Waals surface area contributed by atoms with Gasteiger partial charge in [-0.3, -0.25) is 15.1 Å². The van der Waals surface area contributed by atoms with E-state index in [2.05, 4.69) is 15.3 Å². The van der Waals surface area contributed by atoms with Crippen LogP contribution < -0.4 is 20.5 Å². The Kier molecular flexibility index (Phi) is 4.98. The number of hydrogen-bond acceptors (Lipinski definition) is 5. The maximum atomic E-state index is 12.6. The van der Waals surface area contributed by atoms with E-state index < -0.39 is 0 Å². The van der Waals surface area contributed by atoms with Gasteiger partial charge in [-0.2, -0.15) is 0 Å². The zero-order valence-electron chi connectivity index (χ0n) is 14.4. The van der Waals surface area contributed by atoms with E-state index >= 15 is 0 Å². The van der Waals surface area contributed by atoms with E-state index in [0.29, 0.717) is 33.7 Å². The van der Waals surface area contributed by atoms with Crippen LogP contribution in [0.1, 0.15) is 10.4 Å². The third-order valence-corrected chi connectivity index (χ3v) is 3.75. The fraction of sp³-hybridized carbons (Fsp3) is 0.105. The van der Waals surface area contributed by atoms with Crippen molar-refractivity contribution in [3.05, 3.63) is 60.3 Å². The Balaban J connectivity index is 1.95. The lowest BCUT2D eigenvalue weighted by Gasteiger charge is -2.12. The second-order valence-corrected chi connectivity index (χ2v) is 5.34. The molecule has 3 aromatic rings. The second-order valence-electron chi connectivity index (χ2n) is 5.34. The molecule has 132 valence electrons. The van der Waals surface area contributed by atoms with Crippen molar-refractivity contribution >= 4 is 28.5 Å². The van der Waals surface area contributed by atoms with Crippen LogP contribution in [0.15, 0.2) is 59.7 Å². The smallest absolute Gasteiger partial charge is 0.258 e. The summed E-state index contributed by atoms with van der Waals surface area (Å²) in [5.74, 6) is 0.620. The van der Waals surface area contributed by atoms with Crippen molar-refractivity contribution in [2.45, 2.75) is 0 Å². The number of benzene rings is 2. The van der Waals surface area contributed by atoms with Gasteiger partial charge in [0.25, 0.3) is 5.91 Å². The third-order valence-electron chi connectivity index (χ3n) is 3.75. The SMILES string of the molecule is COc1ccc2c(C(=O)NC(N)=Nc3ccccc3)ccnc2c1OC. The van der Waals surface area contributed by atoms with Gasteiger partial charge in [-0.15, -0.1) is 0 Å². The molecule has 0 saturated heterocycles. The average molecular weight is 350 g/mol. The van der Waals surface area contributed by atoms with E-state index in [0.717, 1.165) is 0 Å². The van der Waals surface area contributed by atoms with E-state index in [9.17, 15) is 4.79 Å². The van der Waals surface area contributed by atoms with Crippen LogP contribution in [0.4, 0.5) is 5.69 Å². The summed E-state index contributed by atoms with van der Waals surface area (Å²) in [5, 5.41) is 3.21. The maximum absolute atomic E-state index is 12.6. The highest BCUT2D eigenvalue weighted by atomic mass is 16.5. The van der Waals surface area contributed by atoms with Crippen LogP contribution in [0.2, 0.25) is 0 Å². The number of pyridine rings is 1. The predicted molar refractivity (Wildman–Crippen MR) is 100 cm³/mol. The number of nitrogens with zero attached hydrogens (tertiary/aromatic N) is 2. The molecule has 1 aromatic heterocycles. The van der Waals surface area contributed by atoms with Gasteiger partial charge in [0.1, 0.15) is 5.52 Å². The molecule has 26 heavy (non-hydrogen) atoms. The molecular weight excluding hydrogens is 332 g/mol. The normalized spacial score (nSPS) is 11.2. The molecule has 0 aliphatic carbocycles. The summed E-state index contributed by atoms with van der Waals surface area (Å²) < 4.78 is 10.6. The van der Waals surface area contributed by atoms with Crippen LogP contribution in [0.5, 0.6) is 11.5 Å². The summed E-state index contributed by atoms with van der Waals surface area (Å²) in [6.07, 6.45) is 1.53. The van der Waals surface area contributed by atoms with Crippen LogP contribution >= 0.6 is 0 Å². The largest absolute Gasteiger partial charge is 0.493 e. The van der Waals surface area contributed by atoms with E-state index in [4.69, 9.17) is 15.2 Å². The van der Waals surface area contributed by atoms with Crippen molar-refractivity contribution in [2.24, 2.45) is 10.7 Å². The standard InChI is InChI=1S/C19H18N4O3/c1-25-15-9-8-13-14(10-11-21-16(13)17(15)26-2)18(24)23-19(20)22-12-6-4-3-5-7-12/h3-11H,1-2H3,(H3,20,22,23,24). The van der Waals surface area contributed by atoms with Gasteiger partial charge in [0.05, 0.1) is 25.5 Å². The van der Waals surface area contributed by atoms with Crippen molar-refractivity contribution in [3.8, 4) is 11.5 Å². The molecule has 1 amide bonds. The molecule has 0 saturated carbocycles. The molecule has 0 atom stereocenters. The van der Waals surface area contributed by atoms with E-state index in [1.807, 2.05) is 18.2 Å². The first kappa shape index (κ1) is 17.2. The minimum Gasteiger partial charge on any atom is -0.493 e. The summed E-state index contributed by atoms with van der Waals surface area (Å²) in [6.45, 7) is 0. The van der Waals surface area contributed by atoms with Crippen LogP contribution in [-0.4, -0.2) is 31.1 Å². The highest BCUT2D eigenvalue weighted by Gasteiger charge is 2.16. The summed E-state index contributed by atoms with van der Waals surface area (Å²) in [4.78, 5) is 21.1. The molecule has 1 heterocycles. The van der Waals surface area contributed by atoms with Crippen molar-refractivity contribution in [2.75, 3.05) is 14.2 Å². The minimum absolute atomic E-state index is 0.00615. The first-order valence-electron chi connectivity index (χ1n) is 7.84. The molecule has 0 radical (unpaired) electrons. The number of aliphatic imine (C=N–C) groups is 1. The molecule has 0 aliphatic heterocycles. The number of ether oxygens (including phenoxy) is 2. The molecule has 3 rings (SSSR count). The lowest BCUT2D eigenvalue weighted by atomic mass is 10.1. The molecule has 0 fully saturated rings. The highest BCUT2D eigenvalue weighted by Crippen LogP contribution is 2.35. The molecule has 0 spiro atoms. The number of hydrogen-bond donors (Lipinski definition) is 2. The highest BCUT2D eigenvalue weighted by molar-refractivity contribution is 6.13. The zero-order valence-corrected chi connectivity index (χ0v) is 14.4. The van der Waals surface area contributed by atoms with Crippen LogP contribution in [0.3, 0.4) is 0 Å². The van der Waals surface area contributed by atoms with Crippen molar-refractivity contribution < 1.29 is 14.3 Å². The fourth-order valence-electron chi connectivity index (χ4n) is 2.58. The number of guanidine groups is 1. The van der Waals surface area contributed by atoms with Gasteiger partial charge in [-0.05, 0) is 30.3 Å². The maximum Gasteiger partial charge on any atom is 0.258 e. The van der Waals surface area contributed by atoms with Crippen LogP contribution in [-0.2, 0) is 0 Å². The van der Waals surface area contributed by atoms with Crippen LogP contribution in [0.25, 0.3) is 10.9 Å². The molecule has 0 bridgehead atoms. The Bertz CT molecular complexity index is 971. The quantitative estimate of drug-likeness (QED) is 0.557. The van der Waals surface area contributed by atoms with Crippen molar-refractivity contribution in [1.82, 2.24) is 10.3 Å². The van der Waals surface area contributed by atoms with E-state index in [-0.39, 0.29) is 11.9 Å². The Morgan fingerprint density at radius 2 is 1.85 bits per heavy atom. The monoisotopic (exact) mass is 350 g/mol. The van der Waals surface area contributed by atoms with E-state index in [1.54, 1.807) is 37.4 Å². The third kappa shape index (κ3) is 3.41. The predicted octanol–water partition coefficient (Wildman–Crippen LogP) is 2.63. The van der Waals surface area contributed by atoms with Gasteiger partial charge < -0.3 is 15.2 Å². The number of fused-ring (bicyclic) bond motifs is 1. The Hall–Kier alpha value is -3.61. The number of carbonyl (C=O) groups is 1. The molecule has 7 heteroatoms. The number of methoxy groups -OCH3 is 2. The summed E-state index contributed by atoms with van der Waals surface area (Å²) in [6, 6.07) is 14.2. The average Bonchev–Trinajstić information content (AvgIpc) is 2.67. The lowest BCUT2D eigenvalue weighted by molar-refractivity contribution is 0.0978. The summed E-state index contributed by atoms with van der Waals surface area (Å²) >= 11 is 0. The topological polar surface area (TPSA) is 98.8 Å². The lowest BCUT2D eigenvalue weighted by Crippen LogP contribution is -2.36. The number of amides is 1. The van der Waals surface area contributed by atoms with Crippen molar-refractivity contribution in [3.63, 3.8) is 0 Å².